The highest BCUT2D eigenvalue weighted by atomic mass is 16.5. The molecule has 0 aliphatic carbocycles. The maximum absolute atomic E-state index is 11.7. The fraction of sp³-hybridized carbons (Fsp3) is 0.929. The maximum atomic E-state index is 11.7. The molecule has 5 heteroatoms. The largest absolute Gasteiger partial charge is 0.480 e. The summed E-state index contributed by atoms with van der Waals surface area (Å²) in [6.45, 7) is 3.56. The van der Waals surface area contributed by atoms with Gasteiger partial charge in [0, 0.05) is 25.7 Å². The number of rotatable bonds is 4. The molecule has 19 heavy (non-hydrogen) atoms. The maximum Gasteiger partial charge on any atom is 0.324 e. The lowest BCUT2D eigenvalue weighted by Gasteiger charge is -2.42. The summed E-state index contributed by atoms with van der Waals surface area (Å²) in [5.74, 6) is -0.683. The van der Waals surface area contributed by atoms with Crippen molar-refractivity contribution in [2.75, 3.05) is 26.2 Å². The second-order valence-electron chi connectivity index (χ2n) is 6.19. The van der Waals surface area contributed by atoms with Crippen LogP contribution in [0, 0.1) is 0 Å². The van der Waals surface area contributed by atoms with Crippen LogP contribution in [0.25, 0.3) is 0 Å². The van der Waals surface area contributed by atoms with Crippen LogP contribution < -0.4 is 5.32 Å². The van der Waals surface area contributed by atoms with Gasteiger partial charge in [-0.15, -0.1) is 0 Å². The number of nitrogens with zero attached hydrogens (tertiary/aromatic N) is 1. The Morgan fingerprint density at radius 3 is 3.00 bits per heavy atom. The molecule has 3 fully saturated rings. The zero-order chi connectivity index (χ0) is 13.3. The van der Waals surface area contributed by atoms with Crippen LogP contribution in [0.3, 0.4) is 0 Å². The number of carboxylic acids is 1. The van der Waals surface area contributed by atoms with Crippen molar-refractivity contribution >= 4 is 5.97 Å². The zero-order valence-electron chi connectivity index (χ0n) is 11.4. The van der Waals surface area contributed by atoms with Gasteiger partial charge in [-0.05, 0) is 45.1 Å². The highest BCUT2D eigenvalue weighted by Gasteiger charge is 2.46. The van der Waals surface area contributed by atoms with Gasteiger partial charge in [-0.25, -0.2) is 0 Å². The Kier molecular flexibility index (Phi) is 3.78. The number of fused-ring (bicyclic) bond motifs is 1. The third-order valence-corrected chi connectivity index (χ3v) is 5.01. The van der Waals surface area contributed by atoms with Gasteiger partial charge < -0.3 is 14.7 Å². The second kappa shape index (κ2) is 5.38. The predicted octanol–water partition coefficient (Wildman–Crippen LogP) is 0.837. The lowest BCUT2D eigenvalue weighted by atomic mass is 9.83. The molecule has 3 rings (SSSR count). The fourth-order valence-corrected chi connectivity index (χ4v) is 3.80. The third-order valence-electron chi connectivity index (χ3n) is 5.01. The Bertz CT molecular complexity index is 344. The second-order valence-corrected chi connectivity index (χ2v) is 6.19. The Balaban J connectivity index is 1.63. The lowest BCUT2D eigenvalue weighted by Crippen LogP contribution is -2.61. The third kappa shape index (κ3) is 2.64. The van der Waals surface area contributed by atoms with Crippen LogP contribution in [0.1, 0.15) is 38.5 Å². The first-order valence-corrected chi connectivity index (χ1v) is 7.54. The number of nitrogens with one attached hydrogen (secondary N) is 1. The number of aliphatic carboxylic acids is 1. The molecule has 3 unspecified atom stereocenters. The van der Waals surface area contributed by atoms with E-state index in [0.717, 1.165) is 45.4 Å². The van der Waals surface area contributed by atoms with Crippen molar-refractivity contribution in [1.82, 2.24) is 10.2 Å². The molecule has 5 nitrogen and oxygen atoms in total. The van der Waals surface area contributed by atoms with Crippen LogP contribution in [0.2, 0.25) is 0 Å². The molecule has 0 aromatic carbocycles. The molecule has 3 aliphatic heterocycles. The molecule has 3 heterocycles. The van der Waals surface area contributed by atoms with Gasteiger partial charge in [0.1, 0.15) is 5.54 Å². The Morgan fingerprint density at radius 1 is 1.37 bits per heavy atom. The monoisotopic (exact) mass is 268 g/mol. The van der Waals surface area contributed by atoms with E-state index in [-0.39, 0.29) is 6.10 Å². The molecular weight excluding hydrogens is 244 g/mol. The molecule has 0 amide bonds. The number of ether oxygens (including phenoxy) is 1. The van der Waals surface area contributed by atoms with Crippen LogP contribution in [0.4, 0.5) is 0 Å². The highest BCUT2D eigenvalue weighted by Crippen LogP contribution is 2.33. The molecule has 3 saturated heterocycles. The van der Waals surface area contributed by atoms with Crippen molar-refractivity contribution in [3.05, 3.63) is 0 Å². The normalized spacial score (nSPS) is 39.4. The SMILES string of the molecule is O=C(O)C1(NCC2CCCO2)CCN2CCCC2C1. The minimum atomic E-state index is -0.725. The molecule has 0 spiro atoms. The van der Waals surface area contributed by atoms with E-state index >= 15 is 0 Å². The number of hydrogen-bond acceptors (Lipinski definition) is 4. The average Bonchev–Trinajstić information content (AvgIpc) is 3.06. The van der Waals surface area contributed by atoms with E-state index in [1.165, 1.54) is 6.42 Å². The van der Waals surface area contributed by atoms with Gasteiger partial charge in [-0.1, -0.05) is 0 Å². The quantitative estimate of drug-likeness (QED) is 0.791. The van der Waals surface area contributed by atoms with Crippen molar-refractivity contribution in [1.29, 1.82) is 0 Å². The van der Waals surface area contributed by atoms with Gasteiger partial charge in [0.05, 0.1) is 6.10 Å². The minimum absolute atomic E-state index is 0.206. The molecule has 0 radical (unpaired) electrons. The topological polar surface area (TPSA) is 61.8 Å². The van der Waals surface area contributed by atoms with Crippen LogP contribution in [0.15, 0.2) is 0 Å². The Morgan fingerprint density at radius 2 is 2.26 bits per heavy atom. The molecule has 3 atom stereocenters. The van der Waals surface area contributed by atoms with Crippen molar-refractivity contribution in [2.24, 2.45) is 0 Å². The first-order valence-electron chi connectivity index (χ1n) is 7.54. The summed E-state index contributed by atoms with van der Waals surface area (Å²) in [5, 5.41) is 13.0. The van der Waals surface area contributed by atoms with E-state index in [0.29, 0.717) is 19.0 Å². The molecular formula is C14H24N2O3. The van der Waals surface area contributed by atoms with Gasteiger partial charge in [0.2, 0.25) is 0 Å². The summed E-state index contributed by atoms with van der Waals surface area (Å²) < 4.78 is 5.59. The van der Waals surface area contributed by atoms with E-state index in [1.807, 2.05) is 0 Å². The summed E-state index contributed by atoms with van der Waals surface area (Å²) >= 11 is 0. The molecule has 0 aromatic rings. The van der Waals surface area contributed by atoms with Crippen molar-refractivity contribution in [2.45, 2.75) is 56.2 Å². The highest BCUT2D eigenvalue weighted by molar-refractivity contribution is 5.79. The van der Waals surface area contributed by atoms with Gasteiger partial charge in [-0.2, -0.15) is 0 Å². The van der Waals surface area contributed by atoms with E-state index < -0.39 is 11.5 Å². The van der Waals surface area contributed by atoms with Gasteiger partial charge >= 0.3 is 5.97 Å². The zero-order valence-corrected chi connectivity index (χ0v) is 11.4. The fourth-order valence-electron chi connectivity index (χ4n) is 3.80. The van der Waals surface area contributed by atoms with Crippen molar-refractivity contribution < 1.29 is 14.6 Å². The number of carboxylic acid groups (broad SMARTS) is 1. The minimum Gasteiger partial charge on any atom is -0.480 e. The summed E-state index contributed by atoms with van der Waals surface area (Å²) in [5.41, 5.74) is -0.725. The standard InChI is InChI=1S/C14H24N2O3/c17-13(18)14(15-10-12-4-2-8-19-12)5-7-16-6-1-3-11(16)9-14/h11-12,15H,1-10H2,(H,17,18). The van der Waals surface area contributed by atoms with Crippen LogP contribution in [-0.4, -0.2) is 59.9 Å². The molecule has 2 N–H and O–H groups in total. The molecule has 3 aliphatic rings. The summed E-state index contributed by atoms with van der Waals surface area (Å²) in [7, 11) is 0. The van der Waals surface area contributed by atoms with E-state index in [2.05, 4.69) is 10.2 Å². The lowest BCUT2D eigenvalue weighted by molar-refractivity contribution is -0.148. The number of piperidine rings is 1. The first kappa shape index (κ1) is 13.3. The number of hydrogen-bond donors (Lipinski definition) is 2. The molecule has 108 valence electrons. The summed E-state index contributed by atoms with van der Waals surface area (Å²) in [4.78, 5) is 14.2. The van der Waals surface area contributed by atoms with E-state index in [9.17, 15) is 9.90 Å². The summed E-state index contributed by atoms with van der Waals surface area (Å²) in [6, 6.07) is 0.460. The predicted molar refractivity (Wildman–Crippen MR) is 71.2 cm³/mol. The Hall–Kier alpha value is -0.650. The first-order chi connectivity index (χ1) is 9.20. The van der Waals surface area contributed by atoms with Gasteiger partial charge in [0.15, 0.2) is 0 Å². The molecule has 0 saturated carbocycles. The van der Waals surface area contributed by atoms with Gasteiger partial charge in [-0.3, -0.25) is 10.1 Å². The van der Waals surface area contributed by atoms with Crippen LogP contribution in [0.5, 0.6) is 0 Å². The van der Waals surface area contributed by atoms with Crippen molar-refractivity contribution in [3.8, 4) is 0 Å². The number of carbonyl (C=O) groups is 1. The van der Waals surface area contributed by atoms with Crippen LogP contribution in [-0.2, 0) is 9.53 Å². The van der Waals surface area contributed by atoms with Gasteiger partial charge in [0.25, 0.3) is 0 Å². The van der Waals surface area contributed by atoms with Crippen LogP contribution >= 0.6 is 0 Å². The smallest absolute Gasteiger partial charge is 0.324 e. The molecule has 0 aromatic heterocycles. The van der Waals surface area contributed by atoms with E-state index in [1.54, 1.807) is 0 Å². The van der Waals surface area contributed by atoms with Crippen molar-refractivity contribution in [3.63, 3.8) is 0 Å². The van der Waals surface area contributed by atoms with E-state index in [4.69, 9.17) is 4.74 Å². The molecule has 0 bridgehead atoms. The average molecular weight is 268 g/mol. The Labute approximate surface area is 114 Å². The summed E-state index contributed by atoms with van der Waals surface area (Å²) in [6.07, 6.45) is 6.18.